The second-order valence-electron chi connectivity index (χ2n) is 11.8. The molecule has 9 nitrogen and oxygen atoms in total. The molecular formula is C39H34ClN5O4S. The van der Waals surface area contributed by atoms with Crippen LogP contribution in [0.1, 0.15) is 45.2 Å². The monoisotopic (exact) mass is 703 g/mol. The fourth-order valence-electron chi connectivity index (χ4n) is 6.31. The number of sulfonamides is 1. The van der Waals surface area contributed by atoms with Gasteiger partial charge in [-0.25, -0.2) is 27.7 Å². The number of hydrogen-bond acceptors (Lipinski definition) is 5. The van der Waals surface area contributed by atoms with E-state index in [-0.39, 0.29) is 17.9 Å². The molecule has 6 rings (SSSR count). The van der Waals surface area contributed by atoms with Crippen molar-refractivity contribution in [2.45, 2.75) is 31.4 Å². The first-order valence-corrected chi connectivity index (χ1v) is 17.8. The molecule has 2 aromatic heterocycles. The highest BCUT2D eigenvalue weighted by Gasteiger charge is 2.44. The van der Waals surface area contributed by atoms with E-state index in [2.05, 4.69) is 16.4 Å². The summed E-state index contributed by atoms with van der Waals surface area (Å²) in [7, 11) is -4.04. The molecule has 0 radical (unpaired) electrons. The van der Waals surface area contributed by atoms with E-state index in [0.717, 1.165) is 16.7 Å². The maximum absolute atomic E-state index is 14.6. The smallest absolute Gasteiger partial charge is 0.278 e. The average Bonchev–Trinajstić information content (AvgIpc) is 3.43. The lowest BCUT2D eigenvalue weighted by atomic mass is 9.68. The number of amides is 1. The Balaban J connectivity index is 1.67. The lowest BCUT2D eigenvalue weighted by Gasteiger charge is -2.36. The summed E-state index contributed by atoms with van der Waals surface area (Å²) in [4.78, 5) is 36.4. The van der Waals surface area contributed by atoms with Gasteiger partial charge in [0.15, 0.2) is 0 Å². The number of anilines is 1. The molecule has 0 aliphatic rings. The second kappa shape index (κ2) is 14.1. The van der Waals surface area contributed by atoms with Crippen LogP contribution in [0.4, 0.5) is 5.69 Å². The molecule has 0 fully saturated rings. The average molecular weight is 704 g/mol. The second-order valence-corrected chi connectivity index (χ2v) is 14.0. The number of halogens is 1. The zero-order chi connectivity index (χ0) is 35.5. The van der Waals surface area contributed by atoms with Crippen LogP contribution in [0.25, 0.3) is 0 Å². The van der Waals surface area contributed by atoms with Crippen molar-refractivity contribution in [2.24, 2.45) is 4.99 Å². The molecule has 0 aliphatic heterocycles. The number of pyridine rings is 1. The van der Waals surface area contributed by atoms with Gasteiger partial charge in [-0.05, 0) is 67.1 Å². The number of carbonyl (C=O) groups is 1. The van der Waals surface area contributed by atoms with E-state index in [1.807, 2.05) is 91.0 Å². The summed E-state index contributed by atoms with van der Waals surface area (Å²) in [5, 5.41) is 0.477. The van der Waals surface area contributed by atoms with Crippen molar-refractivity contribution in [3.05, 3.63) is 188 Å². The van der Waals surface area contributed by atoms with Crippen LogP contribution in [-0.2, 0) is 32.4 Å². The van der Waals surface area contributed by atoms with Crippen LogP contribution in [0.15, 0.2) is 137 Å². The molecule has 0 spiro atoms. The molecule has 0 unspecified atom stereocenters. The number of hydrogen-bond donors (Lipinski definition) is 1. The molecule has 1 N–H and O–H groups in total. The standard InChI is InChI=1S/C39H34ClN5O4S/c1-27-19-24-34(43-50(48,49)26-29-20-22-33(40)23-21-29)37(47)44(27)45-35(25-36(46)41-3)28(2)42-38(45)39(30-13-7-4-8-14-30,31-15-9-5-10-16-31)32-17-11-6-12-18-32/h4-24,43H,3,25-26H2,1-2H3. The van der Waals surface area contributed by atoms with E-state index in [9.17, 15) is 18.0 Å². The van der Waals surface area contributed by atoms with Gasteiger partial charge in [-0.1, -0.05) is 115 Å². The lowest BCUT2D eigenvalue weighted by Crippen LogP contribution is -2.40. The van der Waals surface area contributed by atoms with Gasteiger partial charge in [0.2, 0.25) is 10.0 Å². The van der Waals surface area contributed by atoms with Crippen LogP contribution in [-0.4, -0.2) is 35.4 Å². The number of nitrogens with zero attached hydrogens (tertiary/aromatic N) is 4. The molecule has 0 saturated heterocycles. The van der Waals surface area contributed by atoms with Crippen molar-refractivity contribution in [2.75, 3.05) is 4.72 Å². The molecule has 50 heavy (non-hydrogen) atoms. The van der Waals surface area contributed by atoms with Crippen molar-refractivity contribution in [1.29, 1.82) is 0 Å². The molecule has 4 aromatic carbocycles. The summed E-state index contributed by atoms with van der Waals surface area (Å²) in [5.74, 6) is -0.482. The normalized spacial score (nSPS) is 11.7. The lowest BCUT2D eigenvalue weighted by molar-refractivity contribution is -0.117. The summed E-state index contributed by atoms with van der Waals surface area (Å²) >= 11 is 5.99. The minimum Gasteiger partial charge on any atom is -0.278 e. The fraction of sp³-hybridized carbons (Fsp3) is 0.128. The van der Waals surface area contributed by atoms with E-state index < -0.39 is 26.9 Å². The number of imidazole rings is 1. The van der Waals surface area contributed by atoms with Gasteiger partial charge >= 0.3 is 0 Å². The molecule has 1 amide bonds. The molecule has 11 heteroatoms. The third kappa shape index (κ3) is 6.55. The van der Waals surface area contributed by atoms with Gasteiger partial charge in [0.25, 0.3) is 11.5 Å². The Kier molecular flexibility index (Phi) is 9.67. The van der Waals surface area contributed by atoms with Crippen LogP contribution in [0.2, 0.25) is 5.02 Å². The number of aryl methyl sites for hydroxylation is 2. The predicted molar refractivity (Wildman–Crippen MR) is 197 cm³/mol. The third-order valence-corrected chi connectivity index (χ3v) is 10.1. The SMILES string of the molecule is C=NC(=O)Cc1c(C)nc(C(c2ccccc2)(c2ccccc2)c2ccccc2)n1-n1c(C)ccc(NS(=O)(=O)Cc2ccc(Cl)cc2)c1=O. The number of benzene rings is 4. The van der Waals surface area contributed by atoms with E-state index in [0.29, 0.717) is 33.5 Å². The number of rotatable bonds is 11. The van der Waals surface area contributed by atoms with Gasteiger partial charge in [0.1, 0.15) is 16.9 Å². The number of nitrogens with one attached hydrogen (secondary N) is 1. The van der Waals surface area contributed by atoms with Crippen molar-refractivity contribution >= 4 is 39.9 Å². The number of aliphatic imine (C=N–C) groups is 1. The number of aromatic nitrogens is 3. The molecule has 0 bridgehead atoms. The summed E-state index contributed by atoms with van der Waals surface area (Å²) in [6, 6.07) is 38.9. The summed E-state index contributed by atoms with van der Waals surface area (Å²) in [6.07, 6.45) is -0.213. The quantitative estimate of drug-likeness (QED) is 0.119. The highest BCUT2D eigenvalue weighted by atomic mass is 35.5. The summed E-state index contributed by atoms with van der Waals surface area (Å²) < 4.78 is 32.3. The van der Waals surface area contributed by atoms with Gasteiger partial charge in [0, 0.05) is 10.7 Å². The molecule has 0 saturated carbocycles. The molecular weight excluding hydrogens is 670 g/mol. The van der Waals surface area contributed by atoms with Gasteiger partial charge < -0.3 is 0 Å². The first-order chi connectivity index (χ1) is 24.0. The van der Waals surface area contributed by atoms with Crippen LogP contribution >= 0.6 is 11.6 Å². The summed E-state index contributed by atoms with van der Waals surface area (Å²) in [6.45, 7) is 6.94. The van der Waals surface area contributed by atoms with Gasteiger partial charge in [-0.3, -0.25) is 14.3 Å². The van der Waals surface area contributed by atoms with Crippen LogP contribution in [0.3, 0.4) is 0 Å². The molecule has 0 atom stereocenters. The third-order valence-electron chi connectivity index (χ3n) is 8.58. The zero-order valence-corrected chi connectivity index (χ0v) is 29.0. The van der Waals surface area contributed by atoms with Gasteiger partial charge in [-0.2, -0.15) is 0 Å². The fourth-order valence-corrected chi connectivity index (χ4v) is 7.63. The molecule has 2 heterocycles. The van der Waals surface area contributed by atoms with E-state index in [1.165, 1.54) is 10.7 Å². The Morgan fingerprint density at radius 1 is 0.800 bits per heavy atom. The highest BCUT2D eigenvalue weighted by Crippen LogP contribution is 2.45. The maximum Gasteiger partial charge on any atom is 0.294 e. The minimum atomic E-state index is -4.04. The van der Waals surface area contributed by atoms with E-state index >= 15 is 0 Å². The minimum absolute atomic E-state index is 0.175. The van der Waals surface area contributed by atoms with Crippen LogP contribution in [0, 0.1) is 13.8 Å². The molecule has 252 valence electrons. The Bertz CT molecular complexity index is 2240. The predicted octanol–water partition coefficient (Wildman–Crippen LogP) is 6.72. The van der Waals surface area contributed by atoms with Crippen molar-refractivity contribution in [3.63, 3.8) is 0 Å². The zero-order valence-electron chi connectivity index (χ0n) is 27.5. The van der Waals surface area contributed by atoms with Gasteiger partial charge in [0.05, 0.1) is 23.6 Å². The molecule has 0 aliphatic carbocycles. The Morgan fingerprint density at radius 3 is 1.82 bits per heavy atom. The Hall–Kier alpha value is -5.58. The molecule has 6 aromatic rings. The Morgan fingerprint density at radius 2 is 1.32 bits per heavy atom. The van der Waals surface area contributed by atoms with Crippen molar-refractivity contribution < 1.29 is 13.2 Å². The first kappa shape index (κ1) is 34.3. The Labute approximate surface area is 295 Å². The topological polar surface area (TPSA) is 115 Å². The first-order valence-electron chi connectivity index (χ1n) is 15.8. The highest BCUT2D eigenvalue weighted by molar-refractivity contribution is 7.91. The number of carbonyl (C=O) groups excluding carboxylic acids is 1. The maximum atomic E-state index is 14.6. The van der Waals surface area contributed by atoms with E-state index in [1.54, 1.807) is 48.9 Å². The van der Waals surface area contributed by atoms with Crippen molar-refractivity contribution in [3.8, 4) is 0 Å². The van der Waals surface area contributed by atoms with Crippen LogP contribution < -0.4 is 10.3 Å². The van der Waals surface area contributed by atoms with E-state index in [4.69, 9.17) is 16.6 Å². The summed E-state index contributed by atoms with van der Waals surface area (Å²) in [5.41, 5.74) is 2.47. The van der Waals surface area contributed by atoms with Gasteiger partial charge in [-0.15, -0.1) is 0 Å². The van der Waals surface area contributed by atoms with Crippen molar-refractivity contribution in [1.82, 2.24) is 14.3 Å². The van der Waals surface area contributed by atoms with Crippen LogP contribution in [0.5, 0.6) is 0 Å². The largest absolute Gasteiger partial charge is 0.294 e.